The van der Waals surface area contributed by atoms with Crippen LogP contribution < -0.4 is 10.1 Å². The fourth-order valence-electron chi connectivity index (χ4n) is 2.69. The van der Waals surface area contributed by atoms with E-state index in [-0.39, 0.29) is 6.10 Å². The Bertz CT molecular complexity index is 436. The van der Waals surface area contributed by atoms with Crippen LogP contribution in [0.1, 0.15) is 32.3 Å². The largest absolute Gasteiger partial charge is 0.490 e. The molecule has 0 radical (unpaired) electrons. The Kier molecular flexibility index (Phi) is 5.14. The summed E-state index contributed by atoms with van der Waals surface area (Å²) in [6.45, 7) is 6.16. The van der Waals surface area contributed by atoms with Crippen LogP contribution in [0.25, 0.3) is 0 Å². The zero-order valence-corrected chi connectivity index (χ0v) is 12.4. The first kappa shape index (κ1) is 16.1. The molecule has 5 heteroatoms. The Labute approximate surface area is 123 Å². The van der Waals surface area contributed by atoms with Gasteiger partial charge in [0.15, 0.2) is 0 Å². The van der Waals surface area contributed by atoms with E-state index in [4.69, 9.17) is 4.74 Å². The first-order valence-corrected chi connectivity index (χ1v) is 7.41. The second kappa shape index (κ2) is 6.69. The first-order valence-electron chi connectivity index (χ1n) is 7.41. The van der Waals surface area contributed by atoms with Crippen LogP contribution in [0.3, 0.4) is 0 Å². The van der Waals surface area contributed by atoms with Crippen molar-refractivity contribution >= 4 is 0 Å². The van der Waals surface area contributed by atoms with Gasteiger partial charge in [-0.05, 0) is 49.6 Å². The topological polar surface area (TPSA) is 21.3 Å². The van der Waals surface area contributed by atoms with Crippen molar-refractivity contribution in [3.8, 4) is 5.75 Å². The lowest BCUT2D eigenvalue weighted by Crippen LogP contribution is -2.30. The van der Waals surface area contributed by atoms with Gasteiger partial charge in [0.25, 0.3) is 0 Å². The average Bonchev–Trinajstić information content (AvgIpc) is 2.90. The molecule has 1 aliphatic rings. The molecule has 1 N–H and O–H groups in total. The predicted octanol–water partition coefficient (Wildman–Crippen LogP) is 4.11. The van der Waals surface area contributed by atoms with E-state index in [1.165, 1.54) is 12.1 Å². The number of halogens is 3. The lowest BCUT2D eigenvalue weighted by molar-refractivity contribution is -0.137. The van der Waals surface area contributed by atoms with E-state index in [0.717, 1.165) is 38.1 Å². The van der Waals surface area contributed by atoms with Crippen LogP contribution >= 0.6 is 0 Å². The molecule has 0 aliphatic carbocycles. The summed E-state index contributed by atoms with van der Waals surface area (Å²) in [5.41, 5.74) is -0.641. The van der Waals surface area contributed by atoms with Gasteiger partial charge < -0.3 is 10.1 Å². The van der Waals surface area contributed by atoms with Crippen molar-refractivity contribution in [3.63, 3.8) is 0 Å². The highest BCUT2D eigenvalue weighted by molar-refractivity contribution is 5.29. The molecule has 0 amide bonds. The van der Waals surface area contributed by atoms with E-state index >= 15 is 0 Å². The van der Waals surface area contributed by atoms with Gasteiger partial charge in [0, 0.05) is 12.5 Å². The summed E-state index contributed by atoms with van der Waals surface area (Å²) >= 11 is 0. The minimum absolute atomic E-state index is 0.0525. The summed E-state index contributed by atoms with van der Waals surface area (Å²) in [5, 5.41) is 3.31. The number of ether oxygens (including phenoxy) is 1. The summed E-state index contributed by atoms with van der Waals surface area (Å²) < 4.78 is 43.6. The van der Waals surface area contributed by atoms with Crippen molar-refractivity contribution < 1.29 is 17.9 Å². The molecule has 2 rings (SSSR count). The van der Waals surface area contributed by atoms with Gasteiger partial charge in [0.05, 0.1) is 5.56 Å². The predicted molar refractivity (Wildman–Crippen MR) is 76.3 cm³/mol. The molecule has 2 atom stereocenters. The Morgan fingerprint density at radius 1 is 1.24 bits per heavy atom. The van der Waals surface area contributed by atoms with Gasteiger partial charge in [0.1, 0.15) is 11.9 Å². The summed E-state index contributed by atoms with van der Waals surface area (Å²) in [7, 11) is 0. The van der Waals surface area contributed by atoms with E-state index in [9.17, 15) is 13.2 Å². The van der Waals surface area contributed by atoms with Crippen LogP contribution in [0.15, 0.2) is 24.3 Å². The second-order valence-electron chi connectivity index (χ2n) is 6.06. The molecule has 1 heterocycles. The van der Waals surface area contributed by atoms with Crippen molar-refractivity contribution in [2.45, 2.75) is 39.0 Å². The fraction of sp³-hybridized carbons (Fsp3) is 0.625. The number of nitrogens with one attached hydrogen (secondary N) is 1. The lowest BCUT2D eigenvalue weighted by Gasteiger charge is -2.26. The third-order valence-corrected chi connectivity index (χ3v) is 3.80. The maximum absolute atomic E-state index is 12.6. The molecule has 0 saturated carbocycles. The van der Waals surface area contributed by atoms with Crippen LogP contribution in [-0.4, -0.2) is 19.2 Å². The molecule has 2 nitrogen and oxygen atoms in total. The maximum Gasteiger partial charge on any atom is 0.416 e. The van der Waals surface area contributed by atoms with Crippen LogP contribution in [-0.2, 0) is 6.18 Å². The summed E-state index contributed by atoms with van der Waals surface area (Å²) in [6.07, 6.45) is -2.28. The van der Waals surface area contributed by atoms with Gasteiger partial charge in [-0.1, -0.05) is 13.8 Å². The highest BCUT2D eigenvalue weighted by Gasteiger charge is 2.31. The van der Waals surface area contributed by atoms with E-state index in [1.54, 1.807) is 0 Å². The normalized spacial score (nSPS) is 20.8. The lowest BCUT2D eigenvalue weighted by atomic mass is 9.93. The smallest absolute Gasteiger partial charge is 0.416 e. The van der Waals surface area contributed by atoms with E-state index in [2.05, 4.69) is 19.2 Å². The fourth-order valence-corrected chi connectivity index (χ4v) is 2.69. The Morgan fingerprint density at radius 3 is 2.38 bits per heavy atom. The van der Waals surface area contributed by atoms with Gasteiger partial charge in [-0.2, -0.15) is 13.2 Å². The Morgan fingerprint density at radius 2 is 1.90 bits per heavy atom. The zero-order chi connectivity index (χ0) is 15.5. The number of benzene rings is 1. The molecule has 2 unspecified atom stereocenters. The summed E-state index contributed by atoms with van der Waals surface area (Å²) in [5.74, 6) is 1.43. The molecule has 1 fully saturated rings. The van der Waals surface area contributed by atoms with Gasteiger partial charge in [-0.15, -0.1) is 0 Å². The average molecular weight is 301 g/mol. The minimum Gasteiger partial charge on any atom is -0.490 e. The minimum atomic E-state index is -4.30. The number of hydrogen-bond donors (Lipinski definition) is 1. The van der Waals surface area contributed by atoms with Crippen LogP contribution in [0.2, 0.25) is 0 Å². The molecule has 0 aromatic heterocycles. The van der Waals surface area contributed by atoms with Crippen molar-refractivity contribution in [2.24, 2.45) is 11.8 Å². The SMILES string of the molecule is CC(C)CC(Oc1ccc(C(F)(F)F)cc1)C1CCNC1. The number of hydrogen-bond acceptors (Lipinski definition) is 2. The summed E-state index contributed by atoms with van der Waals surface area (Å²) in [6, 6.07) is 4.99. The molecular formula is C16H22F3NO. The third-order valence-electron chi connectivity index (χ3n) is 3.80. The first-order chi connectivity index (χ1) is 9.86. The van der Waals surface area contributed by atoms with Crippen LogP contribution in [0.4, 0.5) is 13.2 Å². The van der Waals surface area contributed by atoms with Gasteiger partial charge >= 0.3 is 6.18 Å². The Balaban J connectivity index is 2.05. The molecule has 118 valence electrons. The zero-order valence-electron chi connectivity index (χ0n) is 12.4. The standard InChI is InChI=1S/C16H22F3NO/c1-11(2)9-15(12-7-8-20-10-12)21-14-5-3-13(4-6-14)16(17,18)19/h3-6,11-12,15,20H,7-10H2,1-2H3. The van der Waals surface area contributed by atoms with Crippen molar-refractivity contribution in [1.29, 1.82) is 0 Å². The Hall–Kier alpha value is -1.23. The molecule has 21 heavy (non-hydrogen) atoms. The monoisotopic (exact) mass is 301 g/mol. The number of alkyl halides is 3. The molecule has 0 spiro atoms. The quantitative estimate of drug-likeness (QED) is 0.883. The van der Waals surface area contributed by atoms with Crippen molar-refractivity contribution in [3.05, 3.63) is 29.8 Å². The molecular weight excluding hydrogens is 279 g/mol. The van der Waals surface area contributed by atoms with E-state index in [1.807, 2.05) is 0 Å². The van der Waals surface area contributed by atoms with Crippen molar-refractivity contribution in [2.75, 3.05) is 13.1 Å². The molecule has 1 aromatic carbocycles. The van der Waals surface area contributed by atoms with E-state index in [0.29, 0.717) is 17.6 Å². The van der Waals surface area contributed by atoms with Crippen LogP contribution in [0, 0.1) is 11.8 Å². The third kappa shape index (κ3) is 4.63. The maximum atomic E-state index is 12.6. The molecule has 0 bridgehead atoms. The van der Waals surface area contributed by atoms with Crippen molar-refractivity contribution in [1.82, 2.24) is 5.32 Å². The van der Waals surface area contributed by atoms with Gasteiger partial charge in [-0.3, -0.25) is 0 Å². The van der Waals surface area contributed by atoms with E-state index < -0.39 is 11.7 Å². The molecule has 1 aromatic rings. The highest BCUT2D eigenvalue weighted by atomic mass is 19.4. The second-order valence-corrected chi connectivity index (χ2v) is 6.06. The molecule has 1 aliphatic heterocycles. The molecule has 1 saturated heterocycles. The van der Waals surface area contributed by atoms with Gasteiger partial charge in [0.2, 0.25) is 0 Å². The summed E-state index contributed by atoms with van der Waals surface area (Å²) in [4.78, 5) is 0. The van der Waals surface area contributed by atoms with Gasteiger partial charge in [-0.25, -0.2) is 0 Å². The van der Waals surface area contributed by atoms with Crippen LogP contribution in [0.5, 0.6) is 5.75 Å². The highest BCUT2D eigenvalue weighted by Crippen LogP contribution is 2.31. The number of rotatable bonds is 5.